The van der Waals surface area contributed by atoms with Gasteiger partial charge in [0.25, 0.3) is 0 Å². The van der Waals surface area contributed by atoms with Crippen molar-refractivity contribution in [3.63, 3.8) is 0 Å². The Labute approximate surface area is 111 Å². The van der Waals surface area contributed by atoms with Gasteiger partial charge in [0.2, 0.25) is 0 Å². The van der Waals surface area contributed by atoms with Gasteiger partial charge in [0.1, 0.15) is 0 Å². The van der Waals surface area contributed by atoms with E-state index in [9.17, 15) is 9.59 Å². The van der Waals surface area contributed by atoms with Crippen LogP contribution in [0.15, 0.2) is 30.3 Å². The lowest BCUT2D eigenvalue weighted by molar-refractivity contribution is 0.0600. The highest BCUT2D eigenvalue weighted by atomic mass is 16.5. The Kier molecular flexibility index (Phi) is 3.51. The molecule has 0 aliphatic heterocycles. The van der Waals surface area contributed by atoms with Crippen LogP contribution >= 0.6 is 0 Å². The standard InChI is InChI=1S/C15H15NO3/c1-10-8-13(9-17)11(2)16(10)14-6-4-12(5-7-14)15(18)19-3/h4-9H,1-3H3. The summed E-state index contributed by atoms with van der Waals surface area (Å²) in [6.45, 7) is 3.83. The minimum atomic E-state index is -0.360. The molecule has 1 aromatic heterocycles. The van der Waals surface area contributed by atoms with E-state index in [0.29, 0.717) is 11.1 Å². The van der Waals surface area contributed by atoms with Gasteiger partial charge in [0.15, 0.2) is 6.29 Å². The van der Waals surface area contributed by atoms with E-state index >= 15 is 0 Å². The lowest BCUT2D eigenvalue weighted by Gasteiger charge is -2.10. The molecule has 0 spiro atoms. The number of aryl methyl sites for hydroxylation is 1. The van der Waals surface area contributed by atoms with Crippen LogP contribution in [-0.2, 0) is 4.74 Å². The summed E-state index contributed by atoms with van der Waals surface area (Å²) in [5.74, 6) is -0.360. The molecule has 0 aliphatic rings. The van der Waals surface area contributed by atoms with Gasteiger partial charge in [-0.1, -0.05) is 0 Å². The Bertz CT molecular complexity index is 624. The number of hydrogen-bond donors (Lipinski definition) is 0. The average molecular weight is 257 g/mol. The number of benzene rings is 1. The molecule has 1 aromatic carbocycles. The van der Waals surface area contributed by atoms with E-state index in [1.807, 2.05) is 36.6 Å². The summed E-state index contributed by atoms with van der Waals surface area (Å²) in [6.07, 6.45) is 0.849. The molecule has 2 aromatic rings. The van der Waals surface area contributed by atoms with Crippen molar-refractivity contribution in [2.75, 3.05) is 7.11 Å². The second-order valence-corrected chi connectivity index (χ2v) is 4.32. The van der Waals surface area contributed by atoms with Gasteiger partial charge in [0.05, 0.1) is 12.7 Å². The topological polar surface area (TPSA) is 48.3 Å². The summed E-state index contributed by atoms with van der Waals surface area (Å²) in [4.78, 5) is 22.3. The average Bonchev–Trinajstić information content (AvgIpc) is 2.72. The first-order valence-electron chi connectivity index (χ1n) is 5.91. The van der Waals surface area contributed by atoms with Gasteiger partial charge in [0, 0.05) is 22.6 Å². The van der Waals surface area contributed by atoms with E-state index in [1.165, 1.54) is 7.11 Å². The fourth-order valence-electron chi connectivity index (χ4n) is 2.17. The lowest BCUT2D eigenvalue weighted by atomic mass is 10.2. The third-order valence-electron chi connectivity index (χ3n) is 3.14. The molecule has 0 fully saturated rings. The van der Waals surface area contributed by atoms with Crippen LogP contribution in [0.5, 0.6) is 0 Å². The normalized spacial score (nSPS) is 10.3. The van der Waals surface area contributed by atoms with Gasteiger partial charge in [-0.3, -0.25) is 4.79 Å². The third-order valence-corrected chi connectivity index (χ3v) is 3.14. The molecule has 0 amide bonds. The number of carbonyl (C=O) groups is 2. The van der Waals surface area contributed by atoms with Crippen LogP contribution in [0.2, 0.25) is 0 Å². The molecule has 0 N–H and O–H groups in total. The number of nitrogens with zero attached hydrogens (tertiary/aromatic N) is 1. The number of aldehydes is 1. The van der Waals surface area contributed by atoms with Crippen molar-refractivity contribution in [2.45, 2.75) is 13.8 Å². The molecule has 4 nitrogen and oxygen atoms in total. The Hall–Kier alpha value is -2.36. The predicted molar refractivity (Wildman–Crippen MR) is 72.0 cm³/mol. The summed E-state index contributed by atoms with van der Waals surface area (Å²) in [6, 6.07) is 8.93. The molecular formula is C15H15NO3. The molecule has 0 saturated heterocycles. The Morgan fingerprint density at radius 2 is 1.84 bits per heavy atom. The summed E-state index contributed by atoms with van der Waals surface area (Å²) in [7, 11) is 1.35. The molecular weight excluding hydrogens is 242 g/mol. The van der Waals surface area contributed by atoms with Crippen LogP contribution in [0, 0.1) is 13.8 Å². The number of ether oxygens (including phenoxy) is 1. The van der Waals surface area contributed by atoms with Crippen LogP contribution in [-0.4, -0.2) is 23.9 Å². The van der Waals surface area contributed by atoms with Gasteiger partial charge in [-0.05, 0) is 44.2 Å². The highest BCUT2D eigenvalue weighted by Crippen LogP contribution is 2.20. The number of carbonyl (C=O) groups excluding carboxylic acids is 2. The van der Waals surface area contributed by atoms with Crippen molar-refractivity contribution >= 4 is 12.3 Å². The van der Waals surface area contributed by atoms with Gasteiger partial charge in [-0.2, -0.15) is 0 Å². The largest absolute Gasteiger partial charge is 0.465 e. The maximum atomic E-state index is 11.4. The Morgan fingerprint density at radius 3 is 2.32 bits per heavy atom. The second-order valence-electron chi connectivity index (χ2n) is 4.32. The molecule has 0 aliphatic carbocycles. The zero-order valence-electron chi connectivity index (χ0n) is 11.1. The first-order chi connectivity index (χ1) is 9.08. The zero-order valence-corrected chi connectivity index (χ0v) is 11.1. The van der Waals surface area contributed by atoms with E-state index < -0.39 is 0 Å². The molecule has 4 heteroatoms. The predicted octanol–water partition coefficient (Wildman–Crippen LogP) is 2.69. The van der Waals surface area contributed by atoms with Crippen LogP contribution in [0.1, 0.15) is 32.1 Å². The molecule has 2 rings (SSSR count). The van der Waals surface area contributed by atoms with E-state index in [1.54, 1.807) is 12.1 Å². The van der Waals surface area contributed by atoms with Crippen molar-refractivity contribution in [3.05, 3.63) is 52.8 Å². The van der Waals surface area contributed by atoms with Crippen LogP contribution in [0.3, 0.4) is 0 Å². The quantitative estimate of drug-likeness (QED) is 0.627. The number of aromatic nitrogens is 1. The molecule has 19 heavy (non-hydrogen) atoms. The molecule has 0 radical (unpaired) electrons. The molecule has 0 bridgehead atoms. The summed E-state index contributed by atoms with van der Waals surface area (Å²) in [5.41, 5.74) is 3.96. The van der Waals surface area contributed by atoms with E-state index in [2.05, 4.69) is 4.74 Å². The number of esters is 1. The highest BCUT2D eigenvalue weighted by molar-refractivity contribution is 5.89. The van der Waals surface area contributed by atoms with E-state index in [0.717, 1.165) is 23.4 Å². The Morgan fingerprint density at radius 1 is 1.21 bits per heavy atom. The molecule has 0 atom stereocenters. The van der Waals surface area contributed by atoms with Crippen molar-refractivity contribution in [2.24, 2.45) is 0 Å². The van der Waals surface area contributed by atoms with Gasteiger partial charge in [-0.25, -0.2) is 4.79 Å². The number of rotatable bonds is 3. The van der Waals surface area contributed by atoms with E-state index in [-0.39, 0.29) is 5.97 Å². The zero-order chi connectivity index (χ0) is 14.0. The van der Waals surface area contributed by atoms with Gasteiger partial charge in [-0.15, -0.1) is 0 Å². The summed E-state index contributed by atoms with van der Waals surface area (Å²) >= 11 is 0. The summed E-state index contributed by atoms with van der Waals surface area (Å²) in [5, 5.41) is 0. The fourth-order valence-corrected chi connectivity index (χ4v) is 2.17. The maximum absolute atomic E-state index is 11.4. The molecule has 0 saturated carbocycles. The first kappa shape index (κ1) is 13.1. The lowest BCUT2D eigenvalue weighted by Crippen LogP contribution is -2.03. The van der Waals surface area contributed by atoms with Gasteiger partial charge >= 0.3 is 5.97 Å². The first-order valence-corrected chi connectivity index (χ1v) is 5.91. The van der Waals surface area contributed by atoms with Crippen molar-refractivity contribution in [3.8, 4) is 5.69 Å². The van der Waals surface area contributed by atoms with Crippen LogP contribution < -0.4 is 0 Å². The van der Waals surface area contributed by atoms with Crippen LogP contribution in [0.25, 0.3) is 5.69 Å². The molecule has 98 valence electrons. The van der Waals surface area contributed by atoms with E-state index in [4.69, 9.17) is 0 Å². The minimum Gasteiger partial charge on any atom is -0.465 e. The monoisotopic (exact) mass is 257 g/mol. The van der Waals surface area contributed by atoms with Crippen molar-refractivity contribution < 1.29 is 14.3 Å². The molecule has 1 heterocycles. The highest BCUT2D eigenvalue weighted by Gasteiger charge is 2.11. The minimum absolute atomic E-state index is 0.360. The maximum Gasteiger partial charge on any atom is 0.337 e. The fraction of sp³-hybridized carbons (Fsp3) is 0.200. The van der Waals surface area contributed by atoms with Crippen molar-refractivity contribution in [1.29, 1.82) is 0 Å². The second kappa shape index (κ2) is 5.10. The summed E-state index contributed by atoms with van der Waals surface area (Å²) < 4.78 is 6.64. The SMILES string of the molecule is COC(=O)c1ccc(-n2c(C)cc(C=O)c2C)cc1. The third kappa shape index (κ3) is 2.29. The number of methoxy groups -OCH3 is 1. The smallest absolute Gasteiger partial charge is 0.337 e. The number of hydrogen-bond acceptors (Lipinski definition) is 3. The van der Waals surface area contributed by atoms with Gasteiger partial charge < -0.3 is 9.30 Å². The Balaban J connectivity index is 2.45. The molecule has 0 unspecified atom stereocenters. The van der Waals surface area contributed by atoms with Crippen molar-refractivity contribution in [1.82, 2.24) is 4.57 Å². The van der Waals surface area contributed by atoms with Crippen LogP contribution in [0.4, 0.5) is 0 Å².